The van der Waals surface area contributed by atoms with Crippen LogP contribution in [0.1, 0.15) is 50.5 Å². The van der Waals surface area contributed by atoms with Gasteiger partial charge < -0.3 is 30.5 Å². The molecule has 0 unspecified atom stereocenters. The van der Waals surface area contributed by atoms with E-state index in [1.165, 1.54) is 13.2 Å². The van der Waals surface area contributed by atoms with Gasteiger partial charge in [-0.25, -0.2) is 22.4 Å². The molecule has 0 spiro atoms. The number of nitrogens with zero attached hydrogens (tertiary/aromatic N) is 2. The molecule has 2 aliphatic heterocycles. The number of anilines is 1. The van der Waals surface area contributed by atoms with Crippen molar-refractivity contribution in [2.45, 2.75) is 66.5 Å². The number of alkyl carbamates (subject to hydrolysis) is 1. The van der Waals surface area contributed by atoms with Crippen LogP contribution in [0.25, 0.3) is 0 Å². The monoisotopic (exact) mass is 669 g/mol. The summed E-state index contributed by atoms with van der Waals surface area (Å²) in [6.45, 7) is 4.98. The van der Waals surface area contributed by atoms with E-state index in [2.05, 4.69) is 25.8 Å². The average Bonchev–Trinajstić information content (AvgIpc) is 3.84. The second-order valence-corrected chi connectivity index (χ2v) is 16.1. The van der Waals surface area contributed by atoms with Crippen LogP contribution in [0.2, 0.25) is 0 Å². The van der Waals surface area contributed by atoms with E-state index in [9.17, 15) is 22.4 Å². The number of ether oxygens (including phenoxy) is 1. The Morgan fingerprint density at radius 2 is 1.72 bits per heavy atom. The minimum Gasteiger partial charge on any atom is -0.453 e. The van der Waals surface area contributed by atoms with E-state index in [1.807, 2.05) is 18.2 Å². The lowest BCUT2D eigenvalue weighted by molar-refractivity contribution is 0.0666. The maximum Gasteiger partial charge on any atom is 0.407 e. The molecule has 3 atom stereocenters. The van der Waals surface area contributed by atoms with E-state index in [4.69, 9.17) is 4.74 Å². The molecule has 0 aromatic heterocycles. The number of methoxy groups -OCH3 is 1. The van der Waals surface area contributed by atoms with Crippen LogP contribution in [0.5, 0.6) is 0 Å². The van der Waals surface area contributed by atoms with Crippen LogP contribution >= 0.6 is 0 Å². The van der Waals surface area contributed by atoms with Gasteiger partial charge in [0.2, 0.25) is 0 Å². The SMILES string of the molecule is CNC(=O)NC[C@@](c1cccc(F)c1)(C1CCN(CC2CN(c3ccc(S(=O)(=O)C4CC4)cc3)C2)CC1)[C@H]1CCC[C@@H]1NC(=O)OC. The summed E-state index contributed by atoms with van der Waals surface area (Å²) in [6, 6.07) is 13.7. The first-order valence-corrected chi connectivity index (χ1v) is 18.6. The lowest BCUT2D eigenvalue weighted by Crippen LogP contribution is -2.59. The quantitative estimate of drug-likeness (QED) is 0.327. The minimum atomic E-state index is -3.18. The molecule has 2 aromatic carbocycles. The van der Waals surface area contributed by atoms with Crippen LogP contribution < -0.4 is 20.9 Å². The third-order valence-corrected chi connectivity index (χ3v) is 13.4. The molecule has 3 amide bonds. The maximum atomic E-state index is 14.9. The molecule has 2 heterocycles. The van der Waals surface area contributed by atoms with Crippen molar-refractivity contribution in [3.05, 3.63) is 59.9 Å². The molecule has 47 heavy (non-hydrogen) atoms. The Balaban J connectivity index is 1.14. The molecule has 2 aromatic rings. The molecule has 2 saturated heterocycles. The van der Waals surface area contributed by atoms with Crippen molar-refractivity contribution in [3.8, 4) is 0 Å². The third-order valence-electron chi connectivity index (χ3n) is 11.1. The average molecular weight is 670 g/mol. The number of halogens is 1. The Morgan fingerprint density at radius 1 is 1.00 bits per heavy atom. The number of benzene rings is 2. The van der Waals surface area contributed by atoms with Crippen LogP contribution in [0.3, 0.4) is 0 Å². The van der Waals surface area contributed by atoms with Crippen molar-refractivity contribution in [2.75, 3.05) is 58.3 Å². The molecule has 256 valence electrons. The van der Waals surface area contributed by atoms with E-state index in [1.54, 1.807) is 31.3 Å². The van der Waals surface area contributed by atoms with Crippen LogP contribution in [-0.4, -0.2) is 90.2 Å². The van der Waals surface area contributed by atoms with Gasteiger partial charge in [0.25, 0.3) is 0 Å². The Labute approximate surface area is 277 Å². The zero-order valence-electron chi connectivity index (χ0n) is 27.4. The fraction of sp³-hybridized carbons (Fsp3) is 0.600. The highest BCUT2D eigenvalue weighted by molar-refractivity contribution is 7.92. The summed E-state index contributed by atoms with van der Waals surface area (Å²) in [6.07, 6.45) is 5.41. The fourth-order valence-electron chi connectivity index (χ4n) is 8.49. The molecule has 3 N–H and O–H groups in total. The highest BCUT2D eigenvalue weighted by atomic mass is 32.2. The van der Waals surface area contributed by atoms with Gasteiger partial charge >= 0.3 is 12.1 Å². The van der Waals surface area contributed by atoms with Crippen LogP contribution in [0.4, 0.5) is 19.7 Å². The summed E-state index contributed by atoms with van der Waals surface area (Å²) >= 11 is 0. The van der Waals surface area contributed by atoms with Crippen molar-refractivity contribution in [2.24, 2.45) is 17.8 Å². The predicted octanol–water partition coefficient (Wildman–Crippen LogP) is 4.30. The molecular formula is C35H48FN5O5S. The van der Waals surface area contributed by atoms with Crippen molar-refractivity contribution < 1.29 is 27.1 Å². The number of hydrogen-bond donors (Lipinski definition) is 3. The number of hydrogen-bond acceptors (Lipinski definition) is 7. The summed E-state index contributed by atoms with van der Waals surface area (Å²) in [5, 5.41) is 8.62. The molecule has 0 radical (unpaired) electrons. The summed E-state index contributed by atoms with van der Waals surface area (Å²) in [5.41, 5.74) is 1.33. The molecule has 10 nitrogen and oxygen atoms in total. The third kappa shape index (κ3) is 7.09. The molecule has 0 bridgehead atoms. The van der Waals surface area contributed by atoms with Gasteiger partial charge in [0, 0.05) is 56.3 Å². The number of sulfone groups is 1. The predicted molar refractivity (Wildman–Crippen MR) is 179 cm³/mol. The van der Waals surface area contributed by atoms with Crippen LogP contribution in [-0.2, 0) is 20.0 Å². The van der Waals surface area contributed by atoms with Crippen LogP contribution in [0, 0.1) is 23.6 Å². The Bertz CT molecular complexity index is 1520. The van der Waals surface area contributed by atoms with Crippen molar-refractivity contribution in [1.82, 2.24) is 20.9 Å². The molecule has 6 rings (SSSR count). The first kappa shape index (κ1) is 33.5. The minimum absolute atomic E-state index is 0.0112. The highest BCUT2D eigenvalue weighted by Gasteiger charge is 2.52. The smallest absolute Gasteiger partial charge is 0.407 e. The van der Waals surface area contributed by atoms with Gasteiger partial charge in [-0.1, -0.05) is 18.6 Å². The molecule has 2 aliphatic carbocycles. The normalized spacial score (nSPS) is 23.9. The van der Waals surface area contributed by atoms with Crippen molar-refractivity contribution in [1.29, 1.82) is 0 Å². The number of urea groups is 1. The standard InChI is InChI=1S/C35H48FN5O5S/c1-37-33(42)38-23-35(26-5-3-6-27(36)19-26,31-7-4-8-32(31)39-34(43)46-2)25-15-17-40(18-16-25)20-24-21-41(22-24)28-9-11-29(12-10-28)47(44,45)30-13-14-30/h3,5-6,9-12,19,24-25,30-32H,4,7-8,13-18,20-23H2,1-2H3,(H,39,43)(H2,37,38,42)/t31-,32-,35-/m0/s1. The molecule has 12 heteroatoms. The van der Waals surface area contributed by atoms with E-state index in [0.717, 1.165) is 88.9 Å². The summed E-state index contributed by atoms with van der Waals surface area (Å²) < 4.78 is 44.9. The molecule has 4 aliphatic rings. The first-order chi connectivity index (χ1) is 22.6. The molecular weight excluding hydrogens is 621 g/mol. The van der Waals surface area contributed by atoms with Gasteiger partial charge in [-0.05, 0) is 105 Å². The summed E-state index contributed by atoms with van der Waals surface area (Å²) in [4.78, 5) is 30.2. The summed E-state index contributed by atoms with van der Waals surface area (Å²) in [5.74, 6) is 0.357. The number of likely N-dealkylation sites (tertiary alicyclic amines) is 1. The maximum absolute atomic E-state index is 14.9. The number of carbonyl (C=O) groups excluding carboxylic acids is 2. The van der Waals surface area contributed by atoms with Crippen molar-refractivity contribution in [3.63, 3.8) is 0 Å². The van der Waals surface area contributed by atoms with Gasteiger partial charge in [0.05, 0.1) is 17.3 Å². The number of nitrogens with one attached hydrogen (secondary N) is 3. The Morgan fingerprint density at radius 3 is 2.36 bits per heavy atom. The van der Waals surface area contributed by atoms with Gasteiger partial charge in [-0.3, -0.25) is 0 Å². The number of piperidine rings is 1. The Kier molecular flexibility index (Phi) is 9.98. The van der Waals surface area contributed by atoms with Gasteiger partial charge in [-0.2, -0.15) is 0 Å². The van der Waals surface area contributed by atoms with Gasteiger partial charge in [-0.15, -0.1) is 0 Å². The molecule has 4 fully saturated rings. The lowest BCUT2D eigenvalue weighted by atomic mass is 9.58. The second kappa shape index (κ2) is 14.0. The van der Waals surface area contributed by atoms with E-state index >= 15 is 0 Å². The topological polar surface area (TPSA) is 120 Å². The number of carbonyl (C=O) groups is 2. The van der Waals surface area contributed by atoms with Crippen LogP contribution in [0.15, 0.2) is 53.4 Å². The lowest BCUT2D eigenvalue weighted by Gasteiger charge is -2.51. The van der Waals surface area contributed by atoms with E-state index < -0.39 is 21.3 Å². The van der Waals surface area contributed by atoms with Gasteiger partial charge in [0.1, 0.15) is 5.82 Å². The molecule has 2 saturated carbocycles. The zero-order valence-corrected chi connectivity index (χ0v) is 28.2. The highest BCUT2D eigenvalue weighted by Crippen LogP contribution is 2.50. The van der Waals surface area contributed by atoms with Crippen molar-refractivity contribution >= 4 is 27.6 Å². The number of rotatable bonds is 11. The second-order valence-electron chi connectivity index (χ2n) is 13.8. The Hall–Kier alpha value is -3.38. The largest absolute Gasteiger partial charge is 0.453 e. The van der Waals surface area contributed by atoms with E-state index in [-0.39, 0.29) is 35.0 Å². The van der Waals surface area contributed by atoms with E-state index in [0.29, 0.717) is 17.4 Å². The first-order valence-electron chi connectivity index (χ1n) is 17.0. The van der Waals surface area contributed by atoms with Gasteiger partial charge in [0.15, 0.2) is 9.84 Å². The number of amides is 3. The summed E-state index contributed by atoms with van der Waals surface area (Å²) in [7, 11) is -0.227. The fourth-order valence-corrected chi connectivity index (χ4v) is 10.1. The zero-order chi connectivity index (χ0) is 33.2.